The number of nitrogens with zero attached hydrogens (tertiary/aromatic N) is 2. The summed E-state index contributed by atoms with van der Waals surface area (Å²) in [6.07, 6.45) is 2.30. The Morgan fingerprint density at radius 3 is 2.50 bits per heavy atom. The molecule has 0 saturated carbocycles. The number of benzene rings is 1. The van der Waals surface area contributed by atoms with Crippen molar-refractivity contribution in [2.75, 3.05) is 5.32 Å². The van der Waals surface area contributed by atoms with Gasteiger partial charge in [0, 0.05) is 18.9 Å². The van der Waals surface area contributed by atoms with E-state index in [1.807, 2.05) is 19.1 Å². The number of anilines is 1. The Morgan fingerprint density at radius 1 is 1.30 bits per heavy atom. The number of carboxylic acid groups (broad SMARTS) is 1. The van der Waals surface area contributed by atoms with Gasteiger partial charge in [0.05, 0.1) is 5.56 Å². The van der Waals surface area contributed by atoms with Gasteiger partial charge in [-0.1, -0.05) is 19.1 Å². The molecule has 0 bridgehead atoms. The molecule has 0 aliphatic rings. The van der Waals surface area contributed by atoms with Gasteiger partial charge in [-0.25, -0.2) is 4.79 Å². The first kappa shape index (κ1) is 13.8. The summed E-state index contributed by atoms with van der Waals surface area (Å²) in [6, 6.07) is 7.40. The van der Waals surface area contributed by atoms with E-state index in [2.05, 4.69) is 10.4 Å². The fourth-order valence-corrected chi connectivity index (χ4v) is 1.83. The molecular formula is C14H15N3O3. The number of nitrogens with one attached hydrogen (secondary N) is 1. The zero-order valence-corrected chi connectivity index (χ0v) is 11.3. The molecule has 2 rings (SSSR count). The Hall–Kier alpha value is -2.63. The fraction of sp³-hybridized carbons (Fsp3) is 0.214. The summed E-state index contributed by atoms with van der Waals surface area (Å²) >= 11 is 0. The molecule has 2 aromatic rings. The number of hydrogen-bond acceptors (Lipinski definition) is 3. The van der Waals surface area contributed by atoms with E-state index >= 15 is 0 Å². The summed E-state index contributed by atoms with van der Waals surface area (Å²) in [5.74, 6) is -1.71. The van der Waals surface area contributed by atoms with Crippen LogP contribution in [0.3, 0.4) is 0 Å². The molecule has 1 heterocycles. The lowest BCUT2D eigenvalue weighted by atomic mass is 10.1. The molecule has 0 spiro atoms. The van der Waals surface area contributed by atoms with Crippen LogP contribution < -0.4 is 5.32 Å². The first-order valence-electron chi connectivity index (χ1n) is 6.18. The minimum atomic E-state index is -1.22. The van der Waals surface area contributed by atoms with Crippen molar-refractivity contribution in [2.45, 2.75) is 13.3 Å². The number of carboxylic acids is 1. The topological polar surface area (TPSA) is 84.2 Å². The van der Waals surface area contributed by atoms with E-state index in [9.17, 15) is 9.59 Å². The van der Waals surface area contributed by atoms with E-state index < -0.39 is 11.9 Å². The van der Waals surface area contributed by atoms with Crippen LogP contribution in [0.5, 0.6) is 0 Å². The van der Waals surface area contributed by atoms with E-state index in [-0.39, 0.29) is 11.3 Å². The summed E-state index contributed by atoms with van der Waals surface area (Å²) in [7, 11) is 1.57. The molecule has 0 unspecified atom stereocenters. The second kappa shape index (κ2) is 5.56. The van der Waals surface area contributed by atoms with Crippen molar-refractivity contribution in [3.05, 3.63) is 47.3 Å². The normalized spacial score (nSPS) is 10.3. The molecule has 6 nitrogen and oxygen atoms in total. The summed E-state index contributed by atoms with van der Waals surface area (Å²) in [5.41, 5.74) is 1.57. The SMILES string of the molecule is CCc1ccc(NC(=O)c2cn(C)nc2C(=O)O)cc1. The van der Waals surface area contributed by atoms with Crippen LogP contribution >= 0.6 is 0 Å². The molecule has 0 aliphatic carbocycles. The van der Waals surface area contributed by atoms with Crippen LogP contribution in [0.1, 0.15) is 33.3 Å². The largest absolute Gasteiger partial charge is 0.476 e. The second-order valence-corrected chi connectivity index (χ2v) is 4.37. The van der Waals surface area contributed by atoms with Crippen LogP contribution in [0, 0.1) is 0 Å². The Morgan fingerprint density at radius 2 is 1.95 bits per heavy atom. The number of amides is 1. The minimum Gasteiger partial charge on any atom is -0.476 e. The predicted octanol–water partition coefficient (Wildman–Crippen LogP) is 1.93. The van der Waals surface area contributed by atoms with Gasteiger partial charge in [0.15, 0.2) is 5.69 Å². The van der Waals surface area contributed by atoms with E-state index in [4.69, 9.17) is 5.11 Å². The molecule has 20 heavy (non-hydrogen) atoms. The number of rotatable bonds is 4. The fourth-order valence-electron chi connectivity index (χ4n) is 1.83. The molecule has 0 fully saturated rings. The van der Waals surface area contributed by atoms with Gasteiger partial charge in [-0.15, -0.1) is 0 Å². The Labute approximate surface area is 116 Å². The molecule has 0 radical (unpaired) electrons. The van der Waals surface area contributed by atoms with Gasteiger partial charge < -0.3 is 10.4 Å². The summed E-state index contributed by atoms with van der Waals surface area (Å²) < 4.78 is 1.30. The van der Waals surface area contributed by atoms with Gasteiger partial charge in [0.1, 0.15) is 0 Å². The summed E-state index contributed by atoms with van der Waals surface area (Å²) in [6.45, 7) is 2.04. The lowest BCUT2D eigenvalue weighted by Crippen LogP contribution is -2.15. The number of aromatic nitrogens is 2. The van der Waals surface area contributed by atoms with Crippen molar-refractivity contribution in [3.63, 3.8) is 0 Å². The molecule has 0 atom stereocenters. The van der Waals surface area contributed by atoms with E-state index in [1.54, 1.807) is 19.2 Å². The number of carbonyl (C=O) groups is 2. The lowest BCUT2D eigenvalue weighted by Gasteiger charge is -2.05. The maximum absolute atomic E-state index is 12.1. The second-order valence-electron chi connectivity index (χ2n) is 4.37. The van der Waals surface area contributed by atoms with E-state index in [0.29, 0.717) is 5.69 Å². The molecule has 1 amide bonds. The summed E-state index contributed by atoms with van der Waals surface area (Å²) in [4.78, 5) is 23.1. The molecule has 6 heteroatoms. The van der Waals surface area contributed by atoms with Gasteiger partial charge in [0.2, 0.25) is 0 Å². The highest BCUT2D eigenvalue weighted by Crippen LogP contribution is 2.13. The van der Waals surface area contributed by atoms with Crippen molar-refractivity contribution in [2.24, 2.45) is 7.05 Å². The third-order valence-electron chi connectivity index (χ3n) is 2.90. The highest BCUT2D eigenvalue weighted by molar-refractivity contribution is 6.09. The summed E-state index contributed by atoms with van der Waals surface area (Å²) in [5, 5.41) is 15.4. The van der Waals surface area contributed by atoms with Crippen LogP contribution in [0.25, 0.3) is 0 Å². The standard InChI is InChI=1S/C14H15N3O3/c1-3-9-4-6-10(7-5-9)15-13(18)11-8-17(2)16-12(11)14(19)20/h4-8H,3H2,1-2H3,(H,15,18)(H,19,20). The first-order valence-corrected chi connectivity index (χ1v) is 6.18. The maximum atomic E-state index is 12.1. The Kier molecular flexibility index (Phi) is 3.84. The number of aryl methyl sites for hydroxylation is 2. The van der Waals surface area contributed by atoms with Crippen LogP contribution in [-0.4, -0.2) is 26.8 Å². The van der Waals surface area contributed by atoms with Crippen molar-refractivity contribution in [1.82, 2.24) is 9.78 Å². The third-order valence-corrected chi connectivity index (χ3v) is 2.90. The number of hydrogen-bond donors (Lipinski definition) is 2. The molecule has 2 N–H and O–H groups in total. The zero-order chi connectivity index (χ0) is 14.7. The Bertz CT molecular complexity index is 644. The highest BCUT2D eigenvalue weighted by atomic mass is 16.4. The van der Waals surface area contributed by atoms with Crippen LogP contribution in [0.2, 0.25) is 0 Å². The molecular weight excluding hydrogens is 258 g/mol. The number of aromatic carboxylic acids is 1. The average Bonchev–Trinajstić information content (AvgIpc) is 2.82. The minimum absolute atomic E-state index is 0.0413. The first-order chi connectivity index (χ1) is 9.51. The smallest absolute Gasteiger partial charge is 0.357 e. The van der Waals surface area contributed by atoms with E-state index in [1.165, 1.54) is 10.9 Å². The maximum Gasteiger partial charge on any atom is 0.357 e. The van der Waals surface area contributed by atoms with Gasteiger partial charge in [0.25, 0.3) is 5.91 Å². The zero-order valence-electron chi connectivity index (χ0n) is 11.3. The molecule has 0 aliphatic heterocycles. The highest BCUT2D eigenvalue weighted by Gasteiger charge is 2.20. The monoisotopic (exact) mass is 273 g/mol. The molecule has 1 aromatic heterocycles. The molecule has 104 valence electrons. The van der Waals surface area contributed by atoms with Gasteiger partial charge in [-0.3, -0.25) is 9.48 Å². The molecule has 0 saturated heterocycles. The quantitative estimate of drug-likeness (QED) is 0.891. The van der Waals surface area contributed by atoms with Crippen LogP contribution in [0.15, 0.2) is 30.5 Å². The van der Waals surface area contributed by atoms with Crippen LogP contribution in [0.4, 0.5) is 5.69 Å². The van der Waals surface area contributed by atoms with E-state index in [0.717, 1.165) is 12.0 Å². The van der Waals surface area contributed by atoms with Crippen LogP contribution in [-0.2, 0) is 13.5 Å². The Balaban J connectivity index is 2.21. The van der Waals surface area contributed by atoms with Gasteiger partial charge in [-0.05, 0) is 24.1 Å². The van der Waals surface area contributed by atoms with Crippen molar-refractivity contribution >= 4 is 17.6 Å². The van der Waals surface area contributed by atoms with Gasteiger partial charge >= 0.3 is 5.97 Å². The molecule has 1 aromatic carbocycles. The third kappa shape index (κ3) is 2.85. The lowest BCUT2D eigenvalue weighted by molar-refractivity contribution is 0.0685. The van der Waals surface area contributed by atoms with Crippen molar-refractivity contribution < 1.29 is 14.7 Å². The van der Waals surface area contributed by atoms with Crippen molar-refractivity contribution in [3.8, 4) is 0 Å². The number of carbonyl (C=O) groups excluding carboxylic acids is 1. The van der Waals surface area contributed by atoms with Crippen molar-refractivity contribution in [1.29, 1.82) is 0 Å². The predicted molar refractivity (Wildman–Crippen MR) is 73.9 cm³/mol. The van der Waals surface area contributed by atoms with Gasteiger partial charge in [-0.2, -0.15) is 5.10 Å². The average molecular weight is 273 g/mol.